The fourth-order valence-corrected chi connectivity index (χ4v) is 1.64. The molecule has 2 rings (SSSR count). The lowest BCUT2D eigenvalue weighted by Gasteiger charge is -2.04. The molecule has 0 aliphatic rings. The summed E-state index contributed by atoms with van der Waals surface area (Å²) >= 11 is 0. The number of aromatic amines is 1. The van der Waals surface area contributed by atoms with E-state index in [1.54, 1.807) is 12.3 Å². The minimum Gasteiger partial charge on any atom is -0.346 e. The molecular formula is C12H11FN2. The van der Waals surface area contributed by atoms with Gasteiger partial charge >= 0.3 is 0 Å². The van der Waals surface area contributed by atoms with Gasteiger partial charge in [-0.2, -0.15) is 0 Å². The predicted molar refractivity (Wildman–Crippen MR) is 59.9 cm³/mol. The van der Waals surface area contributed by atoms with Crippen LogP contribution < -0.4 is 0 Å². The molecule has 2 nitrogen and oxygen atoms in total. The van der Waals surface area contributed by atoms with Crippen LogP contribution in [0.1, 0.15) is 12.5 Å². The number of H-pyrrole nitrogens is 1. The molecule has 15 heavy (non-hydrogen) atoms. The third kappa shape index (κ3) is 1.46. The average Bonchev–Trinajstić information content (AvgIpc) is 2.70. The SMILES string of the molecule is C=C/C(=C\C)c1c(F)cnc2[nH]ccc12. The topological polar surface area (TPSA) is 28.7 Å². The van der Waals surface area contributed by atoms with Gasteiger partial charge in [0.15, 0.2) is 0 Å². The summed E-state index contributed by atoms with van der Waals surface area (Å²) in [5, 5.41) is 0.781. The zero-order valence-corrected chi connectivity index (χ0v) is 8.42. The molecule has 0 aromatic carbocycles. The van der Waals surface area contributed by atoms with Crippen molar-refractivity contribution < 1.29 is 4.39 Å². The summed E-state index contributed by atoms with van der Waals surface area (Å²) in [4.78, 5) is 6.91. The van der Waals surface area contributed by atoms with E-state index in [0.717, 1.165) is 11.0 Å². The smallest absolute Gasteiger partial charge is 0.150 e. The molecule has 0 amide bonds. The number of pyridine rings is 1. The zero-order chi connectivity index (χ0) is 10.8. The van der Waals surface area contributed by atoms with E-state index >= 15 is 0 Å². The van der Waals surface area contributed by atoms with Crippen molar-refractivity contribution in [2.24, 2.45) is 0 Å². The molecule has 2 aromatic heterocycles. The molecule has 0 saturated heterocycles. The molecule has 3 heteroatoms. The molecule has 2 aromatic rings. The minimum atomic E-state index is -0.324. The number of fused-ring (bicyclic) bond motifs is 1. The Morgan fingerprint density at radius 3 is 3.07 bits per heavy atom. The van der Waals surface area contributed by atoms with Crippen LogP contribution in [0.15, 0.2) is 37.2 Å². The molecule has 1 N–H and O–H groups in total. The fraction of sp³-hybridized carbons (Fsp3) is 0.0833. The highest BCUT2D eigenvalue weighted by atomic mass is 19.1. The summed E-state index contributed by atoms with van der Waals surface area (Å²) in [6.07, 6.45) is 6.45. The number of rotatable bonds is 2. The Morgan fingerprint density at radius 2 is 2.40 bits per heavy atom. The largest absolute Gasteiger partial charge is 0.346 e. The van der Waals surface area contributed by atoms with Crippen molar-refractivity contribution in [2.45, 2.75) is 6.92 Å². The zero-order valence-electron chi connectivity index (χ0n) is 8.42. The van der Waals surface area contributed by atoms with E-state index in [0.29, 0.717) is 11.2 Å². The lowest BCUT2D eigenvalue weighted by Crippen LogP contribution is -1.91. The number of aromatic nitrogens is 2. The van der Waals surface area contributed by atoms with Gasteiger partial charge in [-0.3, -0.25) is 0 Å². The maximum atomic E-state index is 13.7. The van der Waals surface area contributed by atoms with Crippen LogP contribution in [0.4, 0.5) is 4.39 Å². The summed E-state index contributed by atoms with van der Waals surface area (Å²) in [7, 11) is 0. The molecular weight excluding hydrogens is 191 g/mol. The van der Waals surface area contributed by atoms with Crippen molar-refractivity contribution in [3.05, 3.63) is 48.6 Å². The van der Waals surface area contributed by atoms with Gasteiger partial charge in [0.1, 0.15) is 11.5 Å². The summed E-state index contributed by atoms with van der Waals surface area (Å²) in [6.45, 7) is 5.53. The Labute approximate surface area is 87.2 Å². The Kier molecular flexibility index (Phi) is 2.37. The Morgan fingerprint density at radius 1 is 1.60 bits per heavy atom. The Hall–Kier alpha value is -1.90. The molecule has 0 atom stereocenters. The molecule has 76 valence electrons. The van der Waals surface area contributed by atoms with Crippen LogP contribution in [0.5, 0.6) is 0 Å². The molecule has 0 aliphatic carbocycles. The van der Waals surface area contributed by atoms with Gasteiger partial charge in [0.05, 0.1) is 6.20 Å². The molecule has 0 spiro atoms. The number of hydrogen-bond donors (Lipinski definition) is 1. The lowest BCUT2D eigenvalue weighted by molar-refractivity contribution is 0.621. The Bertz CT molecular complexity index is 538. The van der Waals surface area contributed by atoms with Gasteiger partial charge < -0.3 is 4.98 Å². The fourth-order valence-electron chi connectivity index (χ4n) is 1.64. The summed E-state index contributed by atoms with van der Waals surface area (Å²) < 4.78 is 13.7. The molecule has 0 unspecified atom stereocenters. The third-order valence-electron chi connectivity index (χ3n) is 2.36. The van der Waals surface area contributed by atoms with E-state index in [1.807, 2.05) is 19.1 Å². The van der Waals surface area contributed by atoms with Crippen LogP contribution in [0.2, 0.25) is 0 Å². The standard InChI is InChI=1S/C12H11FN2/c1-3-8(4-2)11-9-5-6-14-12(9)15-7-10(11)13/h3-7H,1H2,2H3,(H,14,15)/b8-4+. The van der Waals surface area contributed by atoms with Gasteiger partial charge in [-0.1, -0.05) is 18.7 Å². The van der Waals surface area contributed by atoms with Gasteiger partial charge in [-0.05, 0) is 18.6 Å². The van der Waals surface area contributed by atoms with Gasteiger partial charge in [0.25, 0.3) is 0 Å². The summed E-state index contributed by atoms with van der Waals surface area (Å²) in [6, 6.07) is 1.81. The maximum absolute atomic E-state index is 13.7. The van der Waals surface area contributed by atoms with Crippen molar-refractivity contribution in [2.75, 3.05) is 0 Å². The molecule has 0 fully saturated rings. The second kappa shape index (κ2) is 3.69. The van der Waals surface area contributed by atoms with Crippen LogP contribution in [0.3, 0.4) is 0 Å². The molecule has 0 radical (unpaired) electrons. The van der Waals surface area contributed by atoms with Crippen LogP contribution in [-0.4, -0.2) is 9.97 Å². The van der Waals surface area contributed by atoms with Crippen LogP contribution in [-0.2, 0) is 0 Å². The van der Waals surface area contributed by atoms with Crippen LogP contribution in [0, 0.1) is 5.82 Å². The van der Waals surface area contributed by atoms with E-state index in [4.69, 9.17) is 0 Å². The Balaban J connectivity index is 2.82. The van der Waals surface area contributed by atoms with Crippen molar-refractivity contribution >= 4 is 16.6 Å². The second-order valence-corrected chi connectivity index (χ2v) is 3.17. The first-order chi connectivity index (χ1) is 7.27. The normalized spacial score (nSPS) is 12.0. The van der Waals surface area contributed by atoms with Gasteiger partial charge in [-0.25, -0.2) is 9.37 Å². The summed E-state index contributed by atoms with van der Waals surface area (Å²) in [5.74, 6) is -0.324. The first kappa shape index (κ1) is 9.65. The van der Waals surface area contributed by atoms with Gasteiger partial charge in [0.2, 0.25) is 0 Å². The molecule has 0 aliphatic heterocycles. The monoisotopic (exact) mass is 202 g/mol. The average molecular weight is 202 g/mol. The summed E-state index contributed by atoms with van der Waals surface area (Å²) in [5.41, 5.74) is 2.02. The highest BCUT2D eigenvalue weighted by molar-refractivity contribution is 5.92. The van der Waals surface area contributed by atoms with Gasteiger partial charge in [-0.15, -0.1) is 0 Å². The number of hydrogen-bond acceptors (Lipinski definition) is 1. The lowest BCUT2D eigenvalue weighted by atomic mass is 10.0. The number of nitrogens with one attached hydrogen (secondary N) is 1. The molecule has 0 saturated carbocycles. The predicted octanol–water partition coefficient (Wildman–Crippen LogP) is 3.29. The highest BCUT2D eigenvalue weighted by Gasteiger charge is 2.11. The van der Waals surface area contributed by atoms with Crippen molar-refractivity contribution in [3.63, 3.8) is 0 Å². The van der Waals surface area contributed by atoms with E-state index in [2.05, 4.69) is 16.5 Å². The second-order valence-electron chi connectivity index (χ2n) is 3.17. The van der Waals surface area contributed by atoms with Crippen molar-refractivity contribution in [1.29, 1.82) is 0 Å². The number of allylic oxidation sites excluding steroid dienone is 3. The molecule has 0 bridgehead atoms. The van der Waals surface area contributed by atoms with E-state index in [-0.39, 0.29) is 5.82 Å². The highest BCUT2D eigenvalue weighted by Crippen LogP contribution is 2.26. The first-order valence-corrected chi connectivity index (χ1v) is 4.68. The molecule has 2 heterocycles. The van der Waals surface area contributed by atoms with E-state index < -0.39 is 0 Å². The van der Waals surface area contributed by atoms with Crippen LogP contribution in [0.25, 0.3) is 16.6 Å². The minimum absolute atomic E-state index is 0.324. The van der Waals surface area contributed by atoms with Crippen molar-refractivity contribution in [1.82, 2.24) is 9.97 Å². The van der Waals surface area contributed by atoms with E-state index in [9.17, 15) is 4.39 Å². The number of halogens is 1. The van der Waals surface area contributed by atoms with Crippen LogP contribution >= 0.6 is 0 Å². The third-order valence-corrected chi connectivity index (χ3v) is 2.36. The van der Waals surface area contributed by atoms with Gasteiger partial charge in [0, 0.05) is 17.1 Å². The van der Waals surface area contributed by atoms with Crippen molar-refractivity contribution in [3.8, 4) is 0 Å². The quantitative estimate of drug-likeness (QED) is 0.744. The van der Waals surface area contributed by atoms with E-state index in [1.165, 1.54) is 6.20 Å². The maximum Gasteiger partial charge on any atom is 0.150 e. The first-order valence-electron chi connectivity index (χ1n) is 4.68. The number of nitrogens with zero attached hydrogens (tertiary/aromatic N) is 1.